The molecule has 2 aliphatic rings. The number of hydrogen-bond acceptors (Lipinski definition) is 4. The Morgan fingerprint density at radius 2 is 1.66 bits per heavy atom. The van der Waals surface area contributed by atoms with Gasteiger partial charge in [-0.25, -0.2) is 0 Å². The number of hydrogen-bond donors (Lipinski definition) is 0. The van der Waals surface area contributed by atoms with Gasteiger partial charge < -0.3 is 14.5 Å². The lowest BCUT2D eigenvalue weighted by atomic mass is 9.89. The third-order valence-corrected chi connectivity index (χ3v) is 7.72. The Kier molecular flexibility index (Phi) is 7.85. The van der Waals surface area contributed by atoms with E-state index in [1.807, 2.05) is 29.3 Å². The molecule has 1 aromatic carbocycles. The molecule has 0 aliphatic carbocycles. The van der Waals surface area contributed by atoms with E-state index in [4.69, 9.17) is 4.74 Å². The van der Waals surface area contributed by atoms with Crippen molar-refractivity contribution in [3.63, 3.8) is 0 Å². The molecule has 0 atom stereocenters. The smallest absolute Gasteiger partial charge is 0.263 e. The number of aryl methyl sites for hydroxylation is 1. The number of likely N-dealkylation sites (tertiary alicyclic amines) is 2. The molecule has 172 valence electrons. The average Bonchev–Trinajstić information content (AvgIpc) is 3.38. The fourth-order valence-corrected chi connectivity index (χ4v) is 5.57. The van der Waals surface area contributed by atoms with E-state index in [-0.39, 0.29) is 11.8 Å². The molecule has 32 heavy (non-hydrogen) atoms. The van der Waals surface area contributed by atoms with E-state index in [2.05, 4.69) is 29.2 Å². The minimum atomic E-state index is 0.0720. The second-order valence-corrected chi connectivity index (χ2v) is 9.88. The van der Waals surface area contributed by atoms with Crippen LogP contribution in [-0.2, 0) is 11.2 Å². The summed E-state index contributed by atoms with van der Waals surface area (Å²) < 4.78 is 5.52. The van der Waals surface area contributed by atoms with Gasteiger partial charge in [0.05, 0.1) is 11.5 Å². The summed E-state index contributed by atoms with van der Waals surface area (Å²) in [6.45, 7) is 5.82. The van der Waals surface area contributed by atoms with E-state index in [0.717, 1.165) is 55.8 Å². The fourth-order valence-electron chi connectivity index (χ4n) is 4.88. The van der Waals surface area contributed by atoms with Crippen LogP contribution in [0.15, 0.2) is 41.8 Å². The van der Waals surface area contributed by atoms with Crippen molar-refractivity contribution < 1.29 is 14.3 Å². The van der Waals surface area contributed by atoms with Crippen molar-refractivity contribution in [3.05, 3.63) is 52.2 Å². The zero-order valence-electron chi connectivity index (χ0n) is 19.0. The van der Waals surface area contributed by atoms with Gasteiger partial charge in [0.1, 0.15) is 5.75 Å². The van der Waals surface area contributed by atoms with E-state index in [0.29, 0.717) is 31.5 Å². The van der Waals surface area contributed by atoms with Crippen molar-refractivity contribution in [1.29, 1.82) is 0 Å². The van der Waals surface area contributed by atoms with E-state index in [1.54, 1.807) is 0 Å². The minimum absolute atomic E-state index is 0.0720. The van der Waals surface area contributed by atoms with Gasteiger partial charge in [0.2, 0.25) is 5.91 Å². The number of rotatable bonds is 7. The summed E-state index contributed by atoms with van der Waals surface area (Å²) in [6, 6.07) is 12.2. The predicted molar refractivity (Wildman–Crippen MR) is 128 cm³/mol. The van der Waals surface area contributed by atoms with Crippen LogP contribution in [0.1, 0.15) is 54.3 Å². The Morgan fingerprint density at radius 3 is 2.28 bits per heavy atom. The lowest BCUT2D eigenvalue weighted by Gasteiger charge is -2.37. The van der Waals surface area contributed by atoms with Gasteiger partial charge in [0, 0.05) is 32.1 Å². The molecule has 5 nitrogen and oxygen atoms in total. The molecule has 0 bridgehead atoms. The number of ether oxygens (including phenoxy) is 1. The Morgan fingerprint density at radius 1 is 0.969 bits per heavy atom. The quantitative estimate of drug-likeness (QED) is 0.600. The summed E-state index contributed by atoms with van der Waals surface area (Å²) in [6.07, 6.45) is 6.03. The molecular formula is C26H34N2O3S. The predicted octanol–water partition coefficient (Wildman–Crippen LogP) is 4.87. The van der Waals surface area contributed by atoms with Crippen LogP contribution in [0.4, 0.5) is 0 Å². The SMILES string of the molecule is CCOc1ccc(CCC2CCN(C(=O)C3CCN(C(=O)c4cccs4)CC3)CC2)cc1. The van der Waals surface area contributed by atoms with Crippen LogP contribution in [0.3, 0.4) is 0 Å². The highest BCUT2D eigenvalue weighted by molar-refractivity contribution is 7.12. The molecule has 2 aliphatic heterocycles. The van der Waals surface area contributed by atoms with Crippen LogP contribution < -0.4 is 4.74 Å². The first kappa shape index (κ1) is 22.8. The second kappa shape index (κ2) is 11.0. The molecule has 0 spiro atoms. The summed E-state index contributed by atoms with van der Waals surface area (Å²) in [5, 5.41) is 1.94. The molecule has 0 N–H and O–H groups in total. The van der Waals surface area contributed by atoms with Crippen molar-refractivity contribution in [3.8, 4) is 5.75 Å². The normalized spacial score (nSPS) is 18.0. The first-order valence-electron chi connectivity index (χ1n) is 12.0. The van der Waals surface area contributed by atoms with Gasteiger partial charge in [0.25, 0.3) is 5.91 Å². The number of piperidine rings is 2. The molecular weight excluding hydrogens is 420 g/mol. The van der Waals surface area contributed by atoms with Crippen molar-refractivity contribution in [2.75, 3.05) is 32.8 Å². The maximum absolute atomic E-state index is 13.0. The minimum Gasteiger partial charge on any atom is -0.494 e. The Balaban J connectivity index is 1.17. The number of amides is 2. The highest BCUT2D eigenvalue weighted by Crippen LogP contribution is 2.27. The molecule has 6 heteroatoms. The highest BCUT2D eigenvalue weighted by atomic mass is 32.1. The van der Waals surface area contributed by atoms with Crippen molar-refractivity contribution in [1.82, 2.24) is 9.80 Å². The standard InChI is InChI=1S/C26H34N2O3S/c1-2-31-23-9-7-20(8-10-23)5-6-21-11-15-27(16-12-21)25(29)22-13-17-28(18-14-22)26(30)24-4-3-19-32-24/h3-4,7-10,19,21-22H,2,5-6,11-18H2,1H3. The zero-order chi connectivity index (χ0) is 22.3. The van der Waals surface area contributed by atoms with Gasteiger partial charge in [-0.05, 0) is 80.5 Å². The van der Waals surface area contributed by atoms with Crippen LogP contribution in [0.25, 0.3) is 0 Å². The molecule has 2 amide bonds. The summed E-state index contributed by atoms with van der Waals surface area (Å²) in [5.41, 5.74) is 1.36. The molecule has 3 heterocycles. The average molecular weight is 455 g/mol. The molecule has 4 rings (SSSR count). The number of thiophene rings is 1. The van der Waals surface area contributed by atoms with Gasteiger partial charge in [-0.1, -0.05) is 18.2 Å². The summed E-state index contributed by atoms with van der Waals surface area (Å²) in [7, 11) is 0. The molecule has 0 saturated carbocycles. The van der Waals surface area contributed by atoms with Crippen molar-refractivity contribution >= 4 is 23.2 Å². The van der Waals surface area contributed by atoms with E-state index < -0.39 is 0 Å². The summed E-state index contributed by atoms with van der Waals surface area (Å²) >= 11 is 1.49. The molecule has 2 saturated heterocycles. The summed E-state index contributed by atoms with van der Waals surface area (Å²) in [4.78, 5) is 30.3. The van der Waals surface area contributed by atoms with Crippen LogP contribution in [0.2, 0.25) is 0 Å². The monoisotopic (exact) mass is 454 g/mol. The van der Waals surface area contributed by atoms with Crippen LogP contribution in [0.5, 0.6) is 5.75 Å². The largest absolute Gasteiger partial charge is 0.494 e. The van der Waals surface area contributed by atoms with Crippen molar-refractivity contribution in [2.45, 2.75) is 45.4 Å². The number of nitrogens with zero attached hydrogens (tertiary/aromatic N) is 2. The van der Waals surface area contributed by atoms with E-state index in [9.17, 15) is 9.59 Å². The maximum Gasteiger partial charge on any atom is 0.263 e. The van der Waals surface area contributed by atoms with Crippen LogP contribution in [0, 0.1) is 11.8 Å². The number of benzene rings is 1. The maximum atomic E-state index is 13.0. The molecule has 2 fully saturated rings. The van der Waals surface area contributed by atoms with E-state index >= 15 is 0 Å². The first-order chi connectivity index (χ1) is 15.6. The zero-order valence-corrected chi connectivity index (χ0v) is 19.8. The van der Waals surface area contributed by atoms with Gasteiger partial charge in [-0.3, -0.25) is 9.59 Å². The topological polar surface area (TPSA) is 49.9 Å². The molecule has 0 radical (unpaired) electrons. The van der Waals surface area contributed by atoms with Gasteiger partial charge >= 0.3 is 0 Å². The number of carbonyl (C=O) groups is 2. The first-order valence-corrected chi connectivity index (χ1v) is 12.8. The van der Waals surface area contributed by atoms with Crippen LogP contribution in [-0.4, -0.2) is 54.4 Å². The van der Waals surface area contributed by atoms with Gasteiger partial charge in [-0.2, -0.15) is 0 Å². The van der Waals surface area contributed by atoms with Gasteiger partial charge in [-0.15, -0.1) is 11.3 Å². The molecule has 2 aromatic rings. The lowest BCUT2D eigenvalue weighted by molar-refractivity contribution is -0.138. The second-order valence-electron chi connectivity index (χ2n) is 8.93. The van der Waals surface area contributed by atoms with E-state index in [1.165, 1.54) is 23.3 Å². The third-order valence-electron chi connectivity index (χ3n) is 6.87. The fraction of sp³-hybridized carbons (Fsp3) is 0.538. The molecule has 0 unspecified atom stereocenters. The third kappa shape index (κ3) is 5.71. The Bertz CT molecular complexity index is 865. The number of carbonyl (C=O) groups excluding carboxylic acids is 2. The Labute approximate surface area is 195 Å². The van der Waals surface area contributed by atoms with Gasteiger partial charge in [0.15, 0.2) is 0 Å². The van der Waals surface area contributed by atoms with Crippen LogP contribution >= 0.6 is 11.3 Å². The lowest BCUT2D eigenvalue weighted by Crippen LogP contribution is -2.46. The summed E-state index contributed by atoms with van der Waals surface area (Å²) in [5.74, 6) is 2.11. The highest BCUT2D eigenvalue weighted by Gasteiger charge is 2.32. The molecule has 1 aromatic heterocycles. The van der Waals surface area contributed by atoms with Crippen molar-refractivity contribution in [2.24, 2.45) is 11.8 Å². The Hall–Kier alpha value is -2.34.